The summed E-state index contributed by atoms with van der Waals surface area (Å²) in [5.41, 5.74) is -2.44. The molecule has 0 fully saturated rings. The van der Waals surface area contributed by atoms with Crippen LogP contribution in [-0.2, 0) is 18.9 Å². The van der Waals surface area contributed by atoms with E-state index in [-0.39, 0.29) is 33.6 Å². The monoisotopic (exact) mass is 456 g/mol. The van der Waals surface area contributed by atoms with E-state index >= 15 is 0 Å². The van der Waals surface area contributed by atoms with Crippen molar-refractivity contribution in [1.82, 2.24) is 19.7 Å². The lowest BCUT2D eigenvalue weighted by Gasteiger charge is -2.09. The zero-order chi connectivity index (χ0) is 21.6. The third kappa shape index (κ3) is 4.56. The Morgan fingerprint density at radius 3 is 2.21 bits per heavy atom. The number of hydrogen-bond acceptors (Lipinski definition) is 3. The number of halogens is 8. The van der Waals surface area contributed by atoms with Crippen molar-refractivity contribution in [3.05, 3.63) is 63.3 Å². The van der Waals surface area contributed by atoms with Gasteiger partial charge in [-0.25, -0.2) is 4.98 Å². The number of carbonyl (C=O) groups excluding carboxylic acids is 1. The van der Waals surface area contributed by atoms with E-state index in [0.29, 0.717) is 18.3 Å². The van der Waals surface area contributed by atoms with Crippen LogP contribution in [0.5, 0.6) is 0 Å². The van der Waals surface area contributed by atoms with Crippen molar-refractivity contribution in [2.45, 2.75) is 18.9 Å². The van der Waals surface area contributed by atoms with E-state index in [1.54, 1.807) is 0 Å². The second-order valence-corrected chi connectivity index (χ2v) is 6.58. The first-order valence-corrected chi connectivity index (χ1v) is 8.37. The highest BCUT2D eigenvalue weighted by Crippen LogP contribution is 2.33. The Balaban J connectivity index is 1.79. The van der Waals surface area contributed by atoms with Crippen molar-refractivity contribution >= 4 is 34.8 Å². The minimum atomic E-state index is -4.64. The molecule has 0 aliphatic rings. The predicted octanol–water partition coefficient (Wildman–Crippen LogP) is 5.00. The van der Waals surface area contributed by atoms with Gasteiger partial charge in [-0.1, -0.05) is 23.2 Å². The molecule has 0 aromatic carbocycles. The van der Waals surface area contributed by atoms with Crippen molar-refractivity contribution in [2.24, 2.45) is 0 Å². The van der Waals surface area contributed by atoms with Gasteiger partial charge in [0.05, 0.1) is 33.4 Å². The third-order valence-corrected chi connectivity index (χ3v) is 4.33. The maximum Gasteiger partial charge on any atom is 0.417 e. The molecule has 3 aromatic heterocycles. The number of alkyl halides is 6. The molecule has 3 heterocycles. The van der Waals surface area contributed by atoms with E-state index in [2.05, 4.69) is 15.3 Å². The first-order chi connectivity index (χ1) is 13.4. The van der Waals surface area contributed by atoms with Gasteiger partial charge in [0.2, 0.25) is 0 Å². The van der Waals surface area contributed by atoms with Crippen molar-refractivity contribution in [3.8, 4) is 0 Å². The van der Waals surface area contributed by atoms with Crippen molar-refractivity contribution < 1.29 is 31.1 Å². The van der Waals surface area contributed by atoms with Crippen LogP contribution in [0.3, 0.4) is 0 Å². The number of nitrogens with zero attached hydrogens (tertiary/aromatic N) is 3. The number of pyridine rings is 2. The second kappa shape index (κ2) is 7.38. The number of rotatable bonds is 3. The Morgan fingerprint density at radius 2 is 1.62 bits per heavy atom. The van der Waals surface area contributed by atoms with Gasteiger partial charge < -0.3 is 9.72 Å². The number of hydrogen-bond donors (Lipinski definition) is 1. The highest BCUT2D eigenvalue weighted by molar-refractivity contribution is 6.33. The lowest BCUT2D eigenvalue weighted by Crippen LogP contribution is -2.24. The Bertz CT molecular complexity index is 1090. The van der Waals surface area contributed by atoms with E-state index in [1.165, 1.54) is 0 Å². The van der Waals surface area contributed by atoms with Crippen LogP contribution in [0, 0.1) is 0 Å². The quantitative estimate of drug-likeness (QED) is 0.564. The second-order valence-electron chi connectivity index (χ2n) is 5.76. The summed E-state index contributed by atoms with van der Waals surface area (Å²) < 4.78 is 77.3. The summed E-state index contributed by atoms with van der Waals surface area (Å²) in [5.74, 6) is -0.809. The molecule has 0 aliphatic carbocycles. The van der Waals surface area contributed by atoms with Crippen LogP contribution in [0.15, 0.2) is 30.7 Å². The van der Waals surface area contributed by atoms with E-state index < -0.39 is 29.4 Å². The highest BCUT2D eigenvalue weighted by atomic mass is 35.5. The fourth-order valence-electron chi connectivity index (χ4n) is 2.33. The summed E-state index contributed by atoms with van der Waals surface area (Å²) >= 11 is 11.5. The van der Waals surface area contributed by atoms with Gasteiger partial charge in [0.15, 0.2) is 5.65 Å². The fraction of sp³-hybridized carbons (Fsp3) is 0.188. The SMILES string of the molecule is O=C(NCc1ncc(C(F)(F)F)cc1Cl)c1cn2cc(C(F)(F)F)cc(Cl)c2n1. The van der Waals surface area contributed by atoms with Crippen LogP contribution in [0.2, 0.25) is 10.0 Å². The van der Waals surface area contributed by atoms with Gasteiger partial charge in [-0.2, -0.15) is 26.3 Å². The summed E-state index contributed by atoms with van der Waals surface area (Å²) in [6, 6.07) is 1.34. The van der Waals surface area contributed by atoms with Crippen LogP contribution in [-0.4, -0.2) is 20.3 Å². The van der Waals surface area contributed by atoms with E-state index in [9.17, 15) is 31.1 Å². The Labute approximate surface area is 168 Å². The van der Waals surface area contributed by atoms with Crippen molar-refractivity contribution in [1.29, 1.82) is 0 Å². The standard InChI is InChI=1S/C16H8Cl2F6N4O/c17-9-1-7(15(19,20)21)3-25-11(9)4-26-14(29)12-6-28-5-8(16(22,23)24)2-10(18)13(28)27-12/h1-3,5-6H,4H2,(H,26,29). The first kappa shape index (κ1) is 21.2. The van der Waals surface area contributed by atoms with Crippen molar-refractivity contribution in [3.63, 3.8) is 0 Å². The molecule has 0 bridgehead atoms. The molecular weight excluding hydrogens is 449 g/mol. The summed E-state index contributed by atoms with van der Waals surface area (Å²) in [6.07, 6.45) is -6.94. The minimum absolute atomic E-state index is 0.0332. The van der Waals surface area contributed by atoms with Crippen LogP contribution in [0.25, 0.3) is 5.65 Å². The lowest BCUT2D eigenvalue weighted by atomic mass is 10.2. The highest BCUT2D eigenvalue weighted by Gasteiger charge is 2.32. The molecule has 0 atom stereocenters. The normalized spacial score (nSPS) is 12.4. The number of nitrogens with one attached hydrogen (secondary N) is 1. The molecule has 0 aliphatic heterocycles. The molecular formula is C16H8Cl2F6N4O. The maximum atomic E-state index is 12.8. The summed E-state index contributed by atoms with van der Waals surface area (Å²) in [4.78, 5) is 19.6. The molecule has 0 radical (unpaired) electrons. The number of aromatic nitrogens is 3. The maximum absolute atomic E-state index is 12.8. The first-order valence-electron chi connectivity index (χ1n) is 7.61. The summed E-state index contributed by atoms with van der Waals surface area (Å²) in [7, 11) is 0. The van der Waals surface area contributed by atoms with Crippen LogP contribution >= 0.6 is 23.2 Å². The molecule has 0 unspecified atom stereocenters. The number of carbonyl (C=O) groups is 1. The largest absolute Gasteiger partial charge is 0.417 e. The minimum Gasteiger partial charge on any atom is -0.345 e. The number of fused-ring (bicyclic) bond motifs is 1. The van der Waals surface area contributed by atoms with Gasteiger partial charge >= 0.3 is 12.4 Å². The molecule has 0 saturated carbocycles. The summed E-state index contributed by atoms with van der Waals surface area (Å²) in [5, 5.41) is 1.71. The molecule has 29 heavy (non-hydrogen) atoms. The molecule has 13 heteroatoms. The van der Waals surface area contributed by atoms with E-state index in [0.717, 1.165) is 16.8 Å². The van der Waals surface area contributed by atoms with Gasteiger partial charge in [-0.3, -0.25) is 9.78 Å². The fourth-order valence-corrected chi connectivity index (χ4v) is 2.82. The molecule has 0 spiro atoms. The van der Waals surface area contributed by atoms with E-state index in [1.807, 2.05) is 0 Å². The van der Waals surface area contributed by atoms with Gasteiger partial charge in [0.1, 0.15) is 5.69 Å². The van der Waals surface area contributed by atoms with Crippen molar-refractivity contribution in [2.75, 3.05) is 0 Å². The zero-order valence-corrected chi connectivity index (χ0v) is 15.4. The predicted molar refractivity (Wildman–Crippen MR) is 90.6 cm³/mol. The molecule has 5 nitrogen and oxygen atoms in total. The Morgan fingerprint density at radius 1 is 1.00 bits per heavy atom. The smallest absolute Gasteiger partial charge is 0.345 e. The van der Waals surface area contributed by atoms with Crippen LogP contribution < -0.4 is 5.32 Å². The van der Waals surface area contributed by atoms with Gasteiger partial charge in [-0.15, -0.1) is 0 Å². The Hall–Kier alpha value is -2.53. The van der Waals surface area contributed by atoms with Gasteiger partial charge in [0.25, 0.3) is 5.91 Å². The van der Waals surface area contributed by atoms with E-state index in [4.69, 9.17) is 23.2 Å². The molecule has 1 N–H and O–H groups in total. The topological polar surface area (TPSA) is 59.3 Å². The average molecular weight is 457 g/mol. The summed E-state index contributed by atoms with van der Waals surface area (Å²) in [6.45, 7) is -0.328. The zero-order valence-electron chi connectivity index (χ0n) is 13.9. The number of imidazole rings is 1. The molecule has 154 valence electrons. The number of amides is 1. The lowest BCUT2D eigenvalue weighted by molar-refractivity contribution is -0.138. The average Bonchev–Trinajstić information content (AvgIpc) is 3.03. The molecule has 3 aromatic rings. The molecule has 0 saturated heterocycles. The molecule has 3 rings (SSSR count). The van der Waals surface area contributed by atoms with Crippen LogP contribution in [0.4, 0.5) is 26.3 Å². The van der Waals surface area contributed by atoms with Crippen LogP contribution in [0.1, 0.15) is 27.3 Å². The Kier molecular flexibility index (Phi) is 5.39. The molecule has 1 amide bonds. The van der Waals surface area contributed by atoms with Gasteiger partial charge in [-0.05, 0) is 12.1 Å². The van der Waals surface area contributed by atoms with Gasteiger partial charge in [0, 0.05) is 18.6 Å². The third-order valence-electron chi connectivity index (χ3n) is 3.73.